The molecule has 7 heteroatoms. The van der Waals surface area contributed by atoms with E-state index in [2.05, 4.69) is 0 Å². The summed E-state index contributed by atoms with van der Waals surface area (Å²) in [5.74, 6) is 0.278. The van der Waals surface area contributed by atoms with Gasteiger partial charge in [-0.05, 0) is 46.6 Å². The minimum atomic E-state index is -0.981. The lowest BCUT2D eigenvalue weighted by atomic mass is 9.83. The lowest BCUT2D eigenvalue weighted by Gasteiger charge is -2.30. The summed E-state index contributed by atoms with van der Waals surface area (Å²) in [6.45, 7) is 19.8. The maximum absolute atomic E-state index is 13.0. The Bertz CT molecular complexity index is 1300. The zero-order valence-corrected chi connectivity index (χ0v) is 25.5. The second-order valence-electron chi connectivity index (χ2n) is 11.3. The Morgan fingerprint density at radius 2 is 1.26 bits per heavy atom. The van der Waals surface area contributed by atoms with E-state index in [0.29, 0.717) is 63.7 Å². The predicted molar refractivity (Wildman–Crippen MR) is 155 cm³/mol. The van der Waals surface area contributed by atoms with Crippen molar-refractivity contribution in [1.29, 1.82) is 0 Å². The van der Waals surface area contributed by atoms with Gasteiger partial charge in [-0.2, -0.15) is 0 Å². The summed E-state index contributed by atoms with van der Waals surface area (Å²) in [6, 6.07) is 0. The highest BCUT2D eigenvalue weighted by Crippen LogP contribution is 2.32. The minimum absolute atomic E-state index is 0.0830. The van der Waals surface area contributed by atoms with Crippen LogP contribution in [0.25, 0.3) is 0 Å². The highest BCUT2D eigenvalue weighted by molar-refractivity contribution is 5.32. The van der Waals surface area contributed by atoms with Crippen LogP contribution >= 0.6 is 0 Å². The van der Waals surface area contributed by atoms with Crippen molar-refractivity contribution < 1.29 is 24.2 Å². The third kappa shape index (κ3) is 6.64. The Morgan fingerprint density at radius 1 is 0.769 bits per heavy atom. The van der Waals surface area contributed by atoms with Gasteiger partial charge in [-0.25, -0.2) is 0 Å². The highest BCUT2D eigenvalue weighted by atomic mass is 16.3. The number of aliphatic hydroxyl groups excluding tert-OH is 3. The first-order chi connectivity index (χ1) is 18.1. The zero-order valence-electron chi connectivity index (χ0n) is 25.5. The molecule has 0 aliphatic heterocycles. The Morgan fingerprint density at radius 3 is 1.77 bits per heavy atom. The summed E-state index contributed by atoms with van der Waals surface area (Å²) >= 11 is 0. The lowest BCUT2D eigenvalue weighted by molar-refractivity contribution is 0.0216. The molecule has 0 amide bonds. The molecule has 0 fully saturated rings. The van der Waals surface area contributed by atoms with E-state index in [9.17, 15) is 24.9 Å². The highest BCUT2D eigenvalue weighted by Gasteiger charge is 2.32. The van der Waals surface area contributed by atoms with Crippen molar-refractivity contribution in [3.05, 3.63) is 77.4 Å². The summed E-state index contributed by atoms with van der Waals surface area (Å²) in [6.07, 6.45) is 0.368. The fourth-order valence-corrected chi connectivity index (χ4v) is 5.53. The van der Waals surface area contributed by atoms with Crippen molar-refractivity contribution in [3.8, 4) is 0 Å². The average molecular weight is 545 g/mol. The van der Waals surface area contributed by atoms with E-state index in [1.807, 2.05) is 33.8 Å². The van der Waals surface area contributed by atoms with Gasteiger partial charge >= 0.3 is 0 Å². The van der Waals surface area contributed by atoms with Crippen molar-refractivity contribution in [3.63, 3.8) is 0 Å². The summed E-state index contributed by atoms with van der Waals surface area (Å²) in [5, 5.41) is 32.8. The molecule has 0 radical (unpaired) electrons. The summed E-state index contributed by atoms with van der Waals surface area (Å²) in [5.41, 5.74) is 2.49. The molecule has 3 N–H and O–H groups in total. The van der Waals surface area contributed by atoms with Crippen molar-refractivity contribution in [2.45, 2.75) is 125 Å². The molecule has 0 aliphatic rings. The van der Waals surface area contributed by atoms with Crippen molar-refractivity contribution in [2.24, 2.45) is 5.92 Å². The standard InChI is InChI=1S/C32H48O7/c1-12-24(33)17(5)31-23(11)29(37)20(8)30(39-31)16(4)14-15(3)26(34)19(7)28(36)22(10)32-21(9)27(35)18(6)25(13-2)38-32/h14,16-17,19,22,24,26,28,33-34,36H,12-13H2,1-11H3/b15-14+/t16-,17-,19-,22+,24-,26-,28+/m0/s1. The van der Waals surface area contributed by atoms with Gasteiger partial charge < -0.3 is 24.2 Å². The van der Waals surface area contributed by atoms with Crippen LogP contribution < -0.4 is 10.9 Å². The van der Waals surface area contributed by atoms with E-state index in [-0.39, 0.29) is 22.7 Å². The molecule has 0 spiro atoms. The fourth-order valence-electron chi connectivity index (χ4n) is 5.53. The quantitative estimate of drug-likeness (QED) is 0.321. The molecule has 0 saturated heterocycles. The zero-order chi connectivity index (χ0) is 29.9. The van der Waals surface area contributed by atoms with Crippen LogP contribution in [0.2, 0.25) is 0 Å². The maximum atomic E-state index is 13.0. The Hall–Kier alpha value is -2.48. The molecule has 0 saturated carbocycles. The van der Waals surface area contributed by atoms with Crippen molar-refractivity contribution in [1.82, 2.24) is 0 Å². The third-order valence-corrected chi connectivity index (χ3v) is 8.43. The normalized spacial score (nSPS) is 17.8. The molecule has 39 heavy (non-hydrogen) atoms. The molecule has 2 aromatic rings. The van der Waals surface area contributed by atoms with E-state index in [4.69, 9.17) is 8.83 Å². The lowest BCUT2D eigenvalue weighted by Crippen LogP contribution is -2.35. The van der Waals surface area contributed by atoms with Gasteiger partial charge in [0.25, 0.3) is 0 Å². The molecule has 0 unspecified atom stereocenters. The van der Waals surface area contributed by atoms with E-state index in [1.54, 1.807) is 48.5 Å². The maximum Gasteiger partial charge on any atom is 0.191 e. The Balaban J connectivity index is 2.38. The van der Waals surface area contributed by atoms with Gasteiger partial charge in [-0.1, -0.05) is 47.6 Å². The van der Waals surface area contributed by atoms with Crippen LogP contribution in [0.4, 0.5) is 0 Å². The summed E-state index contributed by atoms with van der Waals surface area (Å²) < 4.78 is 12.3. The van der Waals surface area contributed by atoms with Crippen LogP contribution in [0.5, 0.6) is 0 Å². The number of hydrogen-bond donors (Lipinski definition) is 3. The molecule has 0 aliphatic carbocycles. The first kappa shape index (κ1) is 32.7. The third-order valence-electron chi connectivity index (χ3n) is 8.43. The molecular weight excluding hydrogens is 496 g/mol. The SMILES string of the molecule is CCc1oc([C@H](C)[C@H](O)[C@@H](C)[C@@H](O)/C(C)=C/[C@H](C)c2oc([C@@H](C)[C@@H](O)CC)c(C)c(=O)c2C)c(C)c(=O)c1C. The van der Waals surface area contributed by atoms with E-state index < -0.39 is 30.1 Å². The number of aliphatic hydroxyl groups is 3. The summed E-state index contributed by atoms with van der Waals surface area (Å²) in [4.78, 5) is 25.7. The number of rotatable bonds is 11. The van der Waals surface area contributed by atoms with E-state index in [0.717, 1.165) is 0 Å². The van der Waals surface area contributed by atoms with Crippen LogP contribution in [0.3, 0.4) is 0 Å². The molecule has 7 nitrogen and oxygen atoms in total. The molecule has 2 aromatic heterocycles. The molecule has 2 rings (SSSR count). The molecule has 218 valence electrons. The molecular formula is C32H48O7. The monoisotopic (exact) mass is 544 g/mol. The fraction of sp³-hybridized carbons (Fsp3) is 0.625. The van der Waals surface area contributed by atoms with Crippen LogP contribution in [0.15, 0.2) is 30.1 Å². The number of aryl methyl sites for hydroxylation is 1. The van der Waals surface area contributed by atoms with Gasteiger partial charge in [0.2, 0.25) is 0 Å². The smallest absolute Gasteiger partial charge is 0.191 e. The molecule has 7 atom stereocenters. The first-order valence-corrected chi connectivity index (χ1v) is 14.1. The van der Waals surface area contributed by atoms with Gasteiger partial charge in [0, 0.05) is 52.3 Å². The average Bonchev–Trinajstić information content (AvgIpc) is 2.92. The summed E-state index contributed by atoms with van der Waals surface area (Å²) in [7, 11) is 0. The largest absolute Gasteiger partial charge is 0.465 e. The first-order valence-electron chi connectivity index (χ1n) is 14.1. The number of allylic oxidation sites excluding steroid dienone is 1. The topological polar surface area (TPSA) is 121 Å². The van der Waals surface area contributed by atoms with Gasteiger partial charge in [0.15, 0.2) is 10.9 Å². The van der Waals surface area contributed by atoms with Crippen LogP contribution in [-0.2, 0) is 6.42 Å². The number of hydrogen-bond acceptors (Lipinski definition) is 7. The Labute approximate surface area is 232 Å². The van der Waals surface area contributed by atoms with Crippen LogP contribution in [-0.4, -0.2) is 33.6 Å². The predicted octanol–water partition coefficient (Wildman–Crippen LogP) is 5.47. The van der Waals surface area contributed by atoms with Gasteiger partial charge in [-0.15, -0.1) is 0 Å². The van der Waals surface area contributed by atoms with E-state index >= 15 is 0 Å². The van der Waals surface area contributed by atoms with Gasteiger partial charge in [0.05, 0.1) is 18.3 Å². The Kier molecular flexibility index (Phi) is 11.1. The molecule has 2 heterocycles. The minimum Gasteiger partial charge on any atom is -0.465 e. The van der Waals surface area contributed by atoms with Gasteiger partial charge in [-0.3, -0.25) is 9.59 Å². The van der Waals surface area contributed by atoms with Crippen molar-refractivity contribution >= 4 is 0 Å². The second-order valence-corrected chi connectivity index (χ2v) is 11.3. The second kappa shape index (κ2) is 13.2. The molecule has 0 bridgehead atoms. The van der Waals surface area contributed by atoms with Crippen LogP contribution in [0.1, 0.15) is 118 Å². The van der Waals surface area contributed by atoms with E-state index in [1.165, 1.54) is 0 Å². The van der Waals surface area contributed by atoms with Crippen molar-refractivity contribution in [2.75, 3.05) is 0 Å². The van der Waals surface area contributed by atoms with Gasteiger partial charge in [0.1, 0.15) is 23.0 Å². The van der Waals surface area contributed by atoms with Crippen LogP contribution in [0, 0.1) is 33.6 Å². The molecule has 0 aromatic carbocycles.